The molecule has 2 aliphatic heterocycles. The van der Waals surface area contributed by atoms with Gasteiger partial charge >= 0.3 is 12.4 Å². The van der Waals surface area contributed by atoms with E-state index in [-0.39, 0.29) is 35.7 Å². The number of anilines is 4. The van der Waals surface area contributed by atoms with Crippen molar-refractivity contribution >= 4 is 52.2 Å². The van der Waals surface area contributed by atoms with E-state index in [0.29, 0.717) is 101 Å². The molecule has 0 spiro atoms. The van der Waals surface area contributed by atoms with E-state index in [4.69, 9.17) is 15.2 Å². The molecule has 2 fully saturated rings. The van der Waals surface area contributed by atoms with Gasteiger partial charge in [0.15, 0.2) is 11.5 Å². The summed E-state index contributed by atoms with van der Waals surface area (Å²) in [5.74, 6) is -3.58. The molecule has 8 N–H and O–H groups in total. The van der Waals surface area contributed by atoms with E-state index in [0.717, 1.165) is 18.8 Å². The Morgan fingerprint density at radius 3 is 1.51 bits per heavy atom. The fraction of sp³-hybridized carbons (Fsp3) is 0.488. The second-order valence-electron chi connectivity index (χ2n) is 15.0. The predicted molar refractivity (Wildman–Crippen MR) is 222 cm³/mol. The third-order valence-electron chi connectivity index (χ3n) is 9.79. The minimum Gasteiger partial charge on any atom is -0.485 e. The summed E-state index contributed by atoms with van der Waals surface area (Å²) in [4.78, 5) is 65.1. The Morgan fingerprint density at radius 2 is 1.13 bits per heavy atom. The molecule has 4 amide bonds. The monoisotopic (exact) mass is 892 g/mol. The van der Waals surface area contributed by atoms with Gasteiger partial charge in [-0.2, -0.15) is 26.3 Å². The summed E-state index contributed by atoms with van der Waals surface area (Å²) < 4.78 is 97.7. The summed E-state index contributed by atoms with van der Waals surface area (Å²) in [5.41, 5.74) is 0.409. The number of nitrogens with two attached hydrogens (primary N) is 1. The smallest absolute Gasteiger partial charge is 0.416 e. The summed E-state index contributed by atoms with van der Waals surface area (Å²) in [7, 11) is 0. The molecule has 5 rings (SSSR count). The van der Waals surface area contributed by atoms with Crippen LogP contribution in [0.25, 0.3) is 0 Å². The lowest BCUT2D eigenvalue weighted by Gasteiger charge is -2.22. The first-order chi connectivity index (χ1) is 29.9. The number of nitrogens with zero attached hydrogens (tertiary/aromatic N) is 3. The first kappa shape index (κ1) is 48.0. The summed E-state index contributed by atoms with van der Waals surface area (Å²) in [5, 5.41) is 15.8. The highest BCUT2D eigenvalue weighted by atomic mass is 19.4. The van der Waals surface area contributed by atoms with Crippen molar-refractivity contribution in [3.05, 3.63) is 59.2 Å². The number of halogens is 6. The minimum absolute atomic E-state index is 0.0237. The van der Waals surface area contributed by atoms with Crippen LogP contribution in [0, 0.1) is 0 Å². The van der Waals surface area contributed by atoms with Crippen LogP contribution >= 0.6 is 0 Å². The molecule has 1 aromatic heterocycles. The van der Waals surface area contributed by atoms with Gasteiger partial charge in [0, 0.05) is 38.5 Å². The van der Waals surface area contributed by atoms with Gasteiger partial charge in [-0.3, -0.25) is 24.2 Å². The third kappa shape index (κ3) is 14.2. The zero-order chi connectivity index (χ0) is 45.7. The maximum atomic E-state index is 14.3. The number of amides is 4. The fourth-order valence-electron chi connectivity index (χ4n) is 6.59. The average Bonchev–Trinajstić information content (AvgIpc) is 3.94. The zero-order valence-corrected chi connectivity index (χ0v) is 34.7. The highest BCUT2D eigenvalue weighted by Crippen LogP contribution is 2.43. The van der Waals surface area contributed by atoms with Crippen LogP contribution in [-0.4, -0.2) is 84.4 Å². The van der Waals surface area contributed by atoms with E-state index in [1.54, 1.807) is 6.92 Å². The highest BCUT2D eigenvalue weighted by molar-refractivity contribution is 6.09. The Kier molecular flexibility index (Phi) is 16.7. The van der Waals surface area contributed by atoms with Crippen LogP contribution in [0.5, 0.6) is 11.5 Å². The van der Waals surface area contributed by atoms with Crippen molar-refractivity contribution in [2.45, 2.75) is 96.2 Å². The molecule has 2 atom stereocenters. The second kappa shape index (κ2) is 21.9. The van der Waals surface area contributed by atoms with Crippen LogP contribution in [0.15, 0.2) is 41.7 Å². The molecule has 63 heavy (non-hydrogen) atoms. The molecule has 22 heteroatoms. The second-order valence-corrected chi connectivity index (χ2v) is 15.0. The van der Waals surface area contributed by atoms with Gasteiger partial charge in [0.2, 0.25) is 11.8 Å². The molecule has 342 valence electrons. The number of amidine groups is 1. The molecule has 0 aliphatic carbocycles. The molecule has 3 heterocycles. The number of rotatable bonds is 19. The number of unbranched alkanes of at least 4 members (excludes halogenated alkanes) is 3. The largest absolute Gasteiger partial charge is 0.485 e. The number of carbonyl (C=O) groups excluding carboxylic acids is 4. The van der Waals surface area contributed by atoms with E-state index >= 15 is 0 Å². The highest BCUT2D eigenvalue weighted by Gasteiger charge is 2.36. The number of hydrogen-bond donors (Lipinski definition) is 7. The summed E-state index contributed by atoms with van der Waals surface area (Å²) in [6, 6.07) is 3.55. The van der Waals surface area contributed by atoms with E-state index < -0.39 is 82.1 Å². The standard InChI is InChI=1S/C41H50F6N10O6/c1-3-4-5-8-34(58)54-28-15-24(40(42,43)44)17-30(36(28)62-26-10-13-49-20-26)56-38(60)32-19-33(53-22-52-32)39(61)57-31-18-25(41(45,46)47)16-29(37(31)63-27-11-14-50-21-27)55-35(59)9-6-7-12-51-23(2)48/h15-19,22,26-27,49-50H,3-14,20-21H2,1-2H3,(H2,48,51)(H,54,58)(H,55,59)(H,56,60)(H,57,61). The Morgan fingerprint density at radius 1 is 0.698 bits per heavy atom. The van der Waals surface area contributed by atoms with Crippen LogP contribution in [-0.2, 0) is 21.9 Å². The Labute approximate surface area is 358 Å². The molecule has 0 saturated carbocycles. The quantitative estimate of drug-likeness (QED) is 0.0298. The van der Waals surface area contributed by atoms with Crippen LogP contribution in [0.3, 0.4) is 0 Å². The molecule has 2 aliphatic rings. The lowest BCUT2D eigenvalue weighted by Crippen LogP contribution is -2.24. The minimum atomic E-state index is -4.94. The van der Waals surface area contributed by atoms with Crippen molar-refractivity contribution in [3.8, 4) is 11.5 Å². The third-order valence-corrected chi connectivity index (χ3v) is 9.79. The molecule has 16 nitrogen and oxygen atoms in total. The normalized spacial score (nSPS) is 16.7. The van der Waals surface area contributed by atoms with Crippen LogP contribution in [0.2, 0.25) is 0 Å². The first-order valence-corrected chi connectivity index (χ1v) is 20.5. The Bertz CT molecular complexity index is 2140. The lowest BCUT2D eigenvalue weighted by molar-refractivity contribution is -0.138. The molecule has 0 bridgehead atoms. The van der Waals surface area contributed by atoms with Gasteiger partial charge in [-0.05, 0) is 76.4 Å². The van der Waals surface area contributed by atoms with Crippen LogP contribution < -0.4 is 47.1 Å². The van der Waals surface area contributed by atoms with Crippen molar-refractivity contribution in [2.24, 2.45) is 10.7 Å². The molecule has 0 radical (unpaired) electrons. The maximum Gasteiger partial charge on any atom is 0.416 e. The van der Waals surface area contributed by atoms with E-state index in [9.17, 15) is 45.5 Å². The van der Waals surface area contributed by atoms with Crippen molar-refractivity contribution < 1.29 is 55.0 Å². The maximum absolute atomic E-state index is 14.3. The molecule has 2 saturated heterocycles. The zero-order valence-electron chi connectivity index (χ0n) is 34.7. The summed E-state index contributed by atoms with van der Waals surface area (Å²) in [6.07, 6.45) is -6.44. The number of nitrogens with one attached hydrogen (secondary N) is 6. The lowest BCUT2D eigenvalue weighted by atomic mass is 10.1. The van der Waals surface area contributed by atoms with E-state index in [1.165, 1.54) is 0 Å². The van der Waals surface area contributed by atoms with E-state index in [1.807, 2.05) is 6.92 Å². The molecular formula is C41H50F6N10O6. The molecule has 2 unspecified atom stereocenters. The molecule has 2 aromatic carbocycles. The van der Waals surface area contributed by atoms with Gasteiger partial charge in [-0.1, -0.05) is 19.8 Å². The van der Waals surface area contributed by atoms with Gasteiger partial charge in [0.1, 0.15) is 29.9 Å². The van der Waals surface area contributed by atoms with Gasteiger partial charge in [0.25, 0.3) is 11.8 Å². The number of ether oxygens (including phenoxy) is 2. The van der Waals surface area contributed by atoms with Gasteiger partial charge in [-0.15, -0.1) is 0 Å². The Balaban J connectivity index is 1.45. The summed E-state index contributed by atoms with van der Waals surface area (Å²) >= 11 is 0. The topological polar surface area (TPSA) is 223 Å². The number of alkyl halides is 6. The van der Waals surface area contributed by atoms with Gasteiger partial charge in [0.05, 0.1) is 39.7 Å². The first-order valence-electron chi connectivity index (χ1n) is 20.5. The number of hydrogen-bond acceptors (Lipinski definition) is 11. The number of aliphatic imine (C=N–C) groups is 1. The van der Waals surface area contributed by atoms with Crippen molar-refractivity contribution in [1.29, 1.82) is 0 Å². The van der Waals surface area contributed by atoms with Crippen molar-refractivity contribution in [3.63, 3.8) is 0 Å². The van der Waals surface area contributed by atoms with Crippen molar-refractivity contribution in [2.75, 3.05) is 54.0 Å². The van der Waals surface area contributed by atoms with Gasteiger partial charge in [-0.25, -0.2) is 9.97 Å². The number of benzene rings is 2. The van der Waals surface area contributed by atoms with Gasteiger partial charge < -0.3 is 47.1 Å². The molecular weight excluding hydrogens is 843 g/mol. The van der Waals surface area contributed by atoms with Crippen LogP contribution in [0.1, 0.15) is 104 Å². The SMILES string of the molecule is CCCCCC(=O)Nc1cc(C(F)(F)F)cc(NC(=O)c2cc(C(=O)Nc3cc(C(F)(F)F)cc(NC(=O)CCCCN=C(C)N)c3OC3CCNC3)ncn2)c1OC1CCNC1. The van der Waals surface area contributed by atoms with E-state index in [2.05, 4.69) is 46.9 Å². The van der Waals surface area contributed by atoms with Crippen LogP contribution in [0.4, 0.5) is 49.1 Å². The average molecular weight is 893 g/mol. The Hall–Kier alpha value is -6.03. The summed E-state index contributed by atoms with van der Waals surface area (Å²) in [6.45, 7) is 5.62. The number of carbonyl (C=O) groups is 4. The van der Waals surface area contributed by atoms with Crippen molar-refractivity contribution in [1.82, 2.24) is 20.6 Å². The predicted octanol–water partition coefficient (Wildman–Crippen LogP) is 6.50. The molecule has 3 aromatic rings. The number of aromatic nitrogens is 2. The fourth-order valence-corrected chi connectivity index (χ4v) is 6.59.